The molecule has 1 saturated carbocycles. The number of fused-ring (bicyclic) bond motifs is 3. The van der Waals surface area contributed by atoms with Crippen LogP contribution < -0.4 is 10.1 Å². The van der Waals surface area contributed by atoms with Gasteiger partial charge >= 0.3 is 0 Å². The van der Waals surface area contributed by atoms with E-state index in [1.807, 2.05) is 18.2 Å². The summed E-state index contributed by atoms with van der Waals surface area (Å²) in [5.74, 6) is 1.57. The Morgan fingerprint density at radius 2 is 2.12 bits per heavy atom. The summed E-state index contributed by atoms with van der Waals surface area (Å²) >= 11 is 1.60. The quantitative estimate of drug-likeness (QED) is 0.841. The Hall–Kier alpha value is -1.81. The van der Waals surface area contributed by atoms with Crippen molar-refractivity contribution in [2.24, 2.45) is 5.92 Å². The first-order valence-electron chi connectivity index (χ1n) is 8.80. The molecule has 24 heavy (non-hydrogen) atoms. The van der Waals surface area contributed by atoms with Crippen LogP contribution in [0.15, 0.2) is 24.3 Å². The number of carbonyl (C=O) groups excluding carboxylic acids is 1. The molecule has 2 aromatic rings. The summed E-state index contributed by atoms with van der Waals surface area (Å²) in [7, 11) is 0. The highest BCUT2D eigenvalue weighted by molar-refractivity contribution is 7.17. The summed E-state index contributed by atoms with van der Waals surface area (Å²) in [5, 5.41) is 3.26. The van der Waals surface area contributed by atoms with E-state index < -0.39 is 0 Å². The maximum Gasteiger partial charge on any atom is 0.261 e. The van der Waals surface area contributed by atoms with Crippen LogP contribution in [0, 0.1) is 12.8 Å². The second-order valence-electron chi connectivity index (χ2n) is 7.04. The summed E-state index contributed by atoms with van der Waals surface area (Å²) in [6.07, 6.45) is 4.82. The molecule has 2 heterocycles. The van der Waals surface area contributed by atoms with Gasteiger partial charge in [-0.05, 0) is 43.4 Å². The Morgan fingerprint density at radius 3 is 2.96 bits per heavy atom. The van der Waals surface area contributed by atoms with E-state index in [2.05, 4.69) is 25.2 Å². The topological polar surface area (TPSA) is 38.3 Å². The van der Waals surface area contributed by atoms with Gasteiger partial charge in [0, 0.05) is 22.0 Å². The molecule has 1 aromatic heterocycles. The second-order valence-corrected chi connectivity index (χ2v) is 8.10. The molecule has 0 unspecified atom stereocenters. The largest absolute Gasteiger partial charge is 0.488 e. The zero-order chi connectivity index (χ0) is 16.7. The Bertz CT molecular complexity index is 780. The first-order valence-corrected chi connectivity index (χ1v) is 9.61. The number of rotatable bonds is 2. The van der Waals surface area contributed by atoms with E-state index in [9.17, 15) is 4.79 Å². The standard InChI is InChI=1S/C20H23NO2S/c1-12-6-3-4-8-15(12)21-20(22)17-10-14-11-23-16-9-5-7-13(2)18(16)19(14)24-17/h5,7,9-10,12,15H,3-4,6,8,11H2,1-2H3,(H,21,22)/t12-,15-/m1/s1. The van der Waals surface area contributed by atoms with Crippen LogP contribution in [0.2, 0.25) is 0 Å². The zero-order valence-corrected chi connectivity index (χ0v) is 15.0. The molecule has 1 N–H and O–H groups in total. The first-order chi connectivity index (χ1) is 11.6. The molecule has 0 spiro atoms. The van der Waals surface area contributed by atoms with Crippen LogP contribution in [-0.4, -0.2) is 11.9 Å². The Morgan fingerprint density at radius 1 is 1.29 bits per heavy atom. The highest BCUT2D eigenvalue weighted by Gasteiger charge is 2.27. The van der Waals surface area contributed by atoms with E-state index >= 15 is 0 Å². The molecule has 1 aliphatic carbocycles. The predicted molar refractivity (Wildman–Crippen MR) is 97.7 cm³/mol. The Kier molecular flexibility index (Phi) is 4.09. The van der Waals surface area contributed by atoms with Crippen molar-refractivity contribution >= 4 is 17.2 Å². The molecule has 126 valence electrons. The maximum atomic E-state index is 12.7. The Labute approximate surface area is 147 Å². The van der Waals surface area contributed by atoms with Crippen LogP contribution in [0.5, 0.6) is 5.75 Å². The highest BCUT2D eigenvalue weighted by Crippen LogP contribution is 2.44. The fraction of sp³-hybridized carbons (Fsp3) is 0.450. The number of ether oxygens (including phenoxy) is 1. The second kappa shape index (κ2) is 6.25. The van der Waals surface area contributed by atoms with Gasteiger partial charge in [-0.25, -0.2) is 0 Å². The Balaban J connectivity index is 1.61. The van der Waals surface area contributed by atoms with E-state index in [-0.39, 0.29) is 5.91 Å². The lowest BCUT2D eigenvalue weighted by atomic mass is 9.86. The van der Waals surface area contributed by atoms with Gasteiger partial charge in [0.15, 0.2) is 0 Å². The molecule has 1 fully saturated rings. The minimum absolute atomic E-state index is 0.0725. The smallest absolute Gasteiger partial charge is 0.261 e. The zero-order valence-electron chi connectivity index (χ0n) is 14.2. The summed E-state index contributed by atoms with van der Waals surface area (Å²) in [4.78, 5) is 14.7. The summed E-state index contributed by atoms with van der Waals surface area (Å²) in [6.45, 7) is 4.90. The minimum atomic E-state index is 0.0725. The lowest BCUT2D eigenvalue weighted by Gasteiger charge is -2.29. The van der Waals surface area contributed by atoms with Crippen LogP contribution in [0.25, 0.3) is 10.4 Å². The van der Waals surface area contributed by atoms with E-state index in [0.717, 1.165) is 28.2 Å². The molecular weight excluding hydrogens is 318 g/mol. The number of thiophene rings is 1. The van der Waals surface area contributed by atoms with Crippen LogP contribution in [0.3, 0.4) is 0 Å². The molecule has 1 aromatic carbocycles. The lowest BCUT2D eigenvalue weighted by Crippen LogP contribution is -2.40. The molecule has 0 radical (unpaired) electrons. The van der Waals surface area contributed by atoms with Gasteiger partial charge in [0.1, 0.15) is 12.4 Å². The van der Waals surface area contributed by atoms with Gasteiger partial charge in [-0.2, -0.15) is 0 Å². The molecule has 4 rings (SSSR count). The number of aryl methyl sites for hydroxylation is 1. The van der Waals surface area contributed by atoms with E-state index in [1.54, 1.807) is 11.3 Å². The molecular formula is C20H23NO2S. The monoisotopic (exact) mass is 341 g/mol. The molecule has 3 nitrogen and oxygen atoms in total. The van der Waals surface area contributed by atoms with Gasteiger partial charge < -0.3 is 10.1 Å². The first kappa shape index (κ1) is 15.7. The van der Waals surface area contributed by atoms with Gasteiger partial charge in [0.25, 0.3) is 5.91 Å². The summed E-state index contributed by atoms with van der Waals surface area (Å²) < 4.78 is 5.87. The molecule has 2 aliphatic rings. The third-order valence-corrected chi connectivity index (χ3v) is 6.50. The normalized spacial score (nSPS) is 22.2. The van der Waals surface area contributed by atoms with Crippen molar-refractivity contribution in [2.45, 2.75) is 52.2 Å². The molecule has 4 heteroatoms. The molecule has 2 atom stereocenters. The van der Waals surface area contributed by atoms with Gasteiger partial charge in [-0.1, -0.05) is 31.9 Å². The molecule has 0 bridgehead atoms. The summed E-state index contributed by atoms with van der Waals surface area (Å²) in [5.41, 5.74) is 3.47. The van der Waals surface area contributed by atoms with Crippen molar-refractivity contribution in [3.63, 3.8) is 0 Å². The van der Waals surface area contributed by atoms with E-state index in [0.29, 0.717) is 18.6 Å². The third kappa shape index (κ3) is 2.73. The van der Waals surface area contributed by atoms with Gasteiger partial charge in [-0.3, -0.25) is 4.79 Å². The van der Waals surface area contributed by atoms with Gasteiger partial charge in [0.05, 0.1) is 4.88 Å². The van der Waals surface area contributed by atoms with Crippen LogP contribution in [0.4, 0.5) is 0 Å². The van der Waals surface area contributed by atoms with Crippen molar-refractivity contribution in [1.29, 1.82) is 0 Å². The fourth-order valence-corrected chi connectivity index (χ4v) is 5.02. The van der Waals surface area contributed by atoms with Crippen molar-refractivity contribution in [2.75, 3.05) is 0 Å². The number of benzene rings is 1. The van der Waals surface area contributed by atoms with Crippen molar-refractivity contribution < 1.29 is 9.53 Å². The number of amides is 1. The highest BCUT2D eigenvalue weighted by atomic mass is 32.1. The van der Waals surface area contributed by atoms with Crippen LogP contribution in [0.1, 0.15) is 53.4 Å². The van der Waals surface area contributed by atoms with E-state index in [1.165, 1.54) is 29.7 Å². The predicted octanol–water partition coefficient (Wildman–Crippen LogP) is 4.92. The fourth-order valence-electron chi connectivity index (χ4n) is 3.84. The lowest BCUT2D eigenvalue weighted by molar-refractivity contribution is 0.0914. The third-order valence-electron chi connectivity index (χ3n) is 5.31. The van der Waals surface area contributed by atoms with Crippen molar-refractivity contribution in [3.8, 4) is 16.2 Å². The minimum Gasteiger partial charge on any atom is -0.488 e. The van der Waals surface area contributed by atoms with Gasteiger partial charge in [-0.15, -0.1) is 11.3 Å². The molecule has 0 saturated heterocycles. The maximum absolute atomic E-state index is 12.7. The molecule has 1 amide bonds. The SMILES string of the molecule is Cc1cccc2c1-c1sc(C(=O)N[C@@H]3CCCC[C@H]3C)cc1CO2. The number of carbonyl (C=O) groups is 1. The van der Waals surface area contributed by atoms with Crippen LogP contribution in [-0.2, 0) is 6.61 Å². The number of hydrogen-bond donors (Lipinski definition) is 1. The van der Waals surface area contributed by atoms with Crippen LogP contribution >= 0.6 is 11.3 Å². The summed E-state index contributed by atoms with van der Waals surface area (Å²) in [6, 6.07) is 8.45. The van der Waals surface area contributed by atoms with E-state index in [4.69, 9.17) is 4.74 Å². The van der Waals surface area contributed by atoms with Crippen molar-refractivity contribution in [3.05, 3.63) is 40.3 Å². The number of nitrogens with one attached hydrogen (secondary N) is 1. The average molecular weight is 341 g/mol. The average Bonchev–Trinajstić information content (AvgIpc) is 3.01. The number of hydrogen-bond acceptors (Lipinski definition) is 3. The van der Waals surface area contributed by atoms with Crippen molar-refractivity contribution in [1.82, 2.24) is 5.32 Å². The molecule has 1 aliphatic heterocycles. The van der Waals surface area contributed by atoms with Gasteiger partial charge in [0.2, 0.25) is 0 Å².